The second kappa shape index (κ2) is 6.39. The van der Waals surface area contributed by atoms with E-state index in [0.29, 0.717) is 5.75 Å². The molecule has 3 nitrogen and oxygen atoms in total. The summed E-state index contributed by atoms with van der Waals surface area (Å²) in [6, 6.07) is 3.74. The minimum Gasteiger partial charge on any atom is -0.454 e. The van der Waals surface area contributed by atoms with Gasteiger partial charge in [0.1, 0.15) is 5.75 Å². The number of aryl methyl sites for hydroxylation is 1. The average molecular weight is 319 g/mol. The van der Waals surface area contributed by atoms with Gasteiger partial charge in [0.15, 0.2) is 5.75 Å². The highest BCUT2D eigenvalue weighted by Gasteiger charge is 2.33. The van der Waals surface area contributed by atoms with E-state index in [9.17, 15) is 13.2 Å². The Morgan fingerprint density at radius 2 is 2.05 bits per heavy atom. The summed E-state index contributed by atoms with van der Waals surface area (Å²) in [5, 5.41) is 4.06. The summed E-state index contributed by atoms with van der Waals surface area (Å²) >= 11 is 5.53. The normalized spacial score (nSPS) is 11.7. The molecule has 0 amide bonds. The minimum atomic E-state index is -4.46. The fourth-order valence-electron chi connectivity index (χ4n) is 1.88. The van der Waals surface area contributed by atoms with Crippen molar-refractivity contribution in [3.8, 4) is 11.5 Å². The third-order valence-corrected chi connectivity index (χ3v) is 3.12. The SMILES string of the molecule is CCCn1cc(Oc2ccc(CCl)c(C(F)(F)F)c2)cn1. The zero-order valence-corrected chi connectivity index (χ0v) is 12.1. The van der Waals surface area contributed by atoms with E-state index < -0.39 is 11.7 Å². The first-order valence-electron chi connectivity index (χ1n) is 6.40. The number of nitrogens with zero attached hydrogens (tertiary/aromatic N) is 2. The molecule has 0 aliphatic carbocycles. The Morgan fingerprint density at radius 1 is 1.29 bits per heavy atom. The highest BCUT2D eigenvalue weighted by Crippen LogP contribution is 2.36. The first-order valence-corrected chi connectivity index (χ1v) is 6.94. The highest BCUT2D eigenvalue weighted by atomic mass is 35.5. The van der Waals surface area contributed by atoms with Gasteiger partial charge in [-0.25, -0.2) is 0 Å². The van der Waals surface area contributed by atoms with Crippen molar-refractivity contribution in [2.75, 3.05) is 0 Å². The molecule has 2 aromatic rings. The molecule has 1 aromatic carbocycles. The van der Waals surface area contributed by atoms with E-state index in [1.54, 1.807) is 10.9 Å². The van der Waals surface area contributed by atoms with E-state index in [1.165, 1.54) is 18.3 Å². The summed E-state index contributed by atoms with van der Waals surface area (Å²) in [5.74, 6) is 0.297. The quantitative estimate of drug-likeness (QED) is 0.737. The third kappa shape index (κ3) is 3.91. The van der Waals surface area contributed by atoms with Crippen LogP contribution in [0.15, 0.2) is 30.6 Å². The van der Waals surface area contributed by atoms with Crippen LogP contribution in [0.4, 0.5) is 13.2 Å². The van der Waals surface area contributed by atoms with Crippen molar-refractivity contribution in [2.24, 2.45) is 0 Å². The lowest BCUT2D eigenvalue weighted by atomic mass is 10.1. The molecule has 1 aromatic heterocycles. The molecular weight excluding hydrogens is 305 g/mol. The van der Waals surface area contributed by atoms with Crippen molar-refractivity contribution < 1.29 is 17.9 Å². The smallest absolute Gasteiger partial charge is 0.416 e. The van der Waals surface area contributed by atoms with Crippen LogP contribution in [-0.4, -0.2) is 9.78 Å². The molecule has 114 valence electrons. The molecule has 21 heavy (non-hydrogen) atoms. The Balaban J connectivity index is 2.24. The van der Waals surface area contributed by atoms with Crippen LogP contribution in [0.1, 0.15) is 24.5 Å². The van der Waals surface area contributed by atoms with Gasteiger partial charge in [0.25, 0.3) is 0 Å². The van der Waals surface area contributed by atoms with Crippen LogP contribution in [0.2, 0.25) is 0 Å². The van der Waals surface area contributed by atoms with Gasteiger partial charge in [-0.2, -0.15) is 18.3 Å². The number of ether oxygens (including phenoxy) is 1. The van der Waals surface area contributed by atoms with Crippen LogP contribution in [0, 0.1) is 0 Å². The van der Waals surface area contributed by atoms with E-state index in [2.05, 4.69) is 5.10 Å². The molecule has 0 fully saturated rings. The summed E-state index contributed by atoms with van der Waals surface area (Å²) < 4.78 is 45.9. The monoisotopic (exact) mass is 318 g/mol. The molecule has 0 N–H and O–H groups in total. The van der Waals surface area contributed by atoms with Gasteiger partial charge in [0, 0.05) is 12.4 Å². The Morgan fingerprint density at radius 3 is 2.67 bits per heavy atom. The predicted molar refractivity (Wildman–Crippen MR) is 73.6 cm³/mol. The van der Waals surface area contributed by atoms with E-state index in [-0.39, 0.29) is 17.2 Å². The summed E-state index contributed by atoms with van der Waals surface area (Å²) in [6.45, 7) is 2.73. The van der Waals surface area contributed by atoms with Crippen LogP contribution in [0.5, 0.6) is 11.5 Å². The van der Waals surface area contributed by atoms with Crippen molar-refractivity contribution in [1.29, 1.82) is 0 Å². The fourth-order valence-corrected chi connectivity index (χ4v) is 2.12. The maximum absolute atomic E-state index is 12.9. The summed E-state index contributed by atoms with van der Waals surface area (Å²) in [6.07, 6.45) is -0.440. The van der Waals surface area contributed by atoms with Gasteiger partial charge < -0.3 is 4.74 Å². The van der Waals surface area contributed by atoms with Crippen molar-refractivity contribution in [3.05, 3.63) is 41.7 Å². The molecule has 0 atom stereocenters. The van der Waals surface area contributed by atoms with Crippen molar-refractivity contribution in [1.82, 2.24) is 9.78 Å². The Hall–Kier alpha value is -1.69. The van der Waals surface area contributed by atoms with Gasteiger partial charge in [-0.1, -0.05) is 13.0 Å². The van der Waals surface area contributed by atoms with Crippen LogP contribution >= 0.6 is 11.6 Å². The number of hydrogen-bond acceptors (Lipinski definition) is 2. The molecule has 2 rings (SSSR count). The molecule has 0 saturated heterocycles. The number of rotatable bonds is 5. The number of benzene rings is 1. The lowest BCUT2D eigenvalue weighted by Crippen LogP contribution is -2.08. The molecule has 0 unspecified atom stereocenters. The van der Waals surface area contributed by atoms with Gasteiger partial charge in [-0.3, -0.25) is 4.68 Å². The van der Waals surface area contributed by atoms with Crippen LogP contribution < -0.4 is 4.74 Å². The molecule has 7 heteroatoms. The van der Waals surface area contributed by atoms with Gasteiger partial charge in [-0.15, -0.1) is 11.6 Å². The van der Waals surface area contributed by atoms with Crippen molar-refractivity contribution >= 4 is 11.6 Å². The maximum Gasteiger partial charge on any atom is 0.416 e. The Kier molecular flexibility index (Phi) is 4.77. The molecule has 0 spiro atoms. The van der Waals surface area contributed by atoms with E-state index in [0.717, 1.165) is 19.0 Å². The minimum absolute atomic E-state index is 0.0261. The number of hydrogen-bond donors (Lipinski definition) is 0. The number of aromatic nitrogens is 2. The molecule has 0 aliphatic rings. The molecule has 0 aliphatic heterocycles. The number of halogens is 4. The van der Waals surface area contributed by atoms with Crippen LogP contribution in [0.25, 0.3) is 0 Å². The first-order chi connectivity index (χ1) is 9.94. The van der Waals surface area contributed by atoms with Gasteiger partial charge in [0.05, 0.1) is 18.0 Å². The van der Waals surface area contributed by atoms with E-state index >= 15 is 0 Å². The van der Waals surface area contributed by atoms with Crippen LogP contribution in [0.3, 0.4) is 0 Å². The number of alkyl halides is 4. The van der Waals surface area contributed by atoms with Crippen molar-refractivity contribution in [2.45, 2.75) is 31.9 Å². The first kappa shape index (κ1) is 15.7. The molecular formula is C14H14ClF3N2O. The molecule has 0 saturated carbocycles. The third-order valence-electron chi connectivity index (χ3n) is 2.83. The molecule has 1 heterocycles. The van der Waals surface area contributed by atoms with E-state index in [4.69, 9.17) is 16.3 Å². The topological polar surface area (TPSA) is 27.1 Å². The second-order valence-electron chi connectivity index (χ2n) is 4.49. The van der Waals surface area contributed by atoms with Crippen LogP contribution in [-0.2, 0) is 18.6 Å². The van der Waals surface area contributed by atoms with Gasteiger partial charge in [-0.05, 0) is 24.1 Å². The largest absolute Gasteiger partial charge is 0.454 e. The highest BCUT2D eigenvalue weighted by molar-refractivity contribution is 6.17. The zero-order valence-electron chi connectivity index (χ0n) is 11.3. The lowest BCUT2D eigenvalue weighted by Gasteiger charge is -2.13. The Bertz CT molecular complexity index is 611. The van der Waals surface area contributed by atoms with Crippen molar-refractivity contribution in [3.63, 3.8) is 0 Å². The van der Waals surface area contributed by atoms with Gasteiger partial charge in [0.2, 0.25) is 0 Å². The standard InChI is InChI=1S/C14H14ClF3N2O/c1-2-5-20-9-12(8-19-20)21-11-4-3-10(7-15)13(6-11)14(16,17)18/h3-4,6,8-9H,2,5,7H2,1H3. The fraction of sp³-hybridized carbons (Fsp3) is 0.357. The average Bonchev–Trinajstić information content (AvgIpc) is 2.85. The molecule has 0 radical (unpaired) electrons. The summed E-state index contributed by atoms with van der Waals surface area (Å²) in [5.41, 5.74) is -0.755. The predicted octanol–water partition coefficient (Wildman–Crippen LogP) is 4.84. The van der Waals surface area contributed by atoms with E-state index in [1.807, 2.05) is 6.92 Å². The maximum atomic E-state index is 12.9. The summed E-state index contributed by atoms with van der Waals surface area (Å²) in [7, 11) is 0. The summed E-state index contributed by atoms with van der Waals surface area (Å²) in [4.78, 5) is 0. The zero-order chi connectivity index (χ0) is 15.5. The second-order valence-corrected chi connectivity index (χ2v) is 4.76. The van der Waals surface area contributed by atoms with Gasteiger partial charge >= 0.3 is 6.18 Å². The molecule has 0 bridgehead atoms. The lowest BCUT2D eigenvalue weighted by molar-refractivity contribution is -0.138. The Labute approximate surface area is 125 Å².